The average Bonchev–Trinajstić information content (AvgIpc) is 2.61. The normalized spacial score (nSPS) is 11.7. The van der Waals surface area contributed by atoms with Gasteiger partial charge in [-0.25, -0.2) is 4.79 Å². The molecule has 0 saturated carbocycles. The van der Waals surface area contributed by atoms with Crippen LogP contribution in [0, 0.1) is 6.92 Å². The largest absolute Gasteiger partial charge is 0.496 e. The van der Waals surface area contributed by atoms with Crippen molar-refractivity contribution in [3.8, 4) is 5.75 Å². The van der Waals surface area contributed by atoms with Crippen molar-refractivity contribution in [3.63, 3.8) is 0 Å². The van der Waals surface area contributed by atoms with Crippen molar-refractivity contribution >= 4 is 6.03 Å². The van der Waals surface area contributed by atoms with Crippen LogP contribution in [0.1, 0.15) is 35.2 Å². The summed E-state index contributed by atoms with van der Waals surface area (Å²) in [7, 11) is 3.29. The Hall–Kier alpha value is -2.53. The molecule has 5 nitrogen and oxygen atoms in total. The fraction of sp³-hybridized carbons (Fsp3) is 0.350. The van der Waals surface area contributed by atoms with Gasteiger partial charge in [-0.3, -0.25) is 0 Å². The molecule has 5 heteroatoms. The number of hydrogen-bond acceptors (Lipinski definition) is 3. The van der Waals surface area contributed by atoms with E-state index in [-0.39, 0.29) is 12.1 Å². The highest BCUT2D eigenvalue weighted by Gasteiger charge is 2.14. The Morgan fingerprint density at radius 2 is 1.84 bits per heavy atom. The Morgan fingerprint density at radius 3 is 2.52 bits per heavy atom. The summed E-state index contributed by atoms with van der Waals surface area (Å²) in [5.41, 5.74) is 4.19. The van der Waals surface area contributed by atoms with Gasteiger partial charge in [-0.2, -0.15) is 0 Å². The van der Waals surface area contributed by atoms with Crippen molar-refractivity contribution in [1.29, 1.82) is 0 Å². The van der Waals surface area contributed by atoms with Crippen LogP contribution in [0.5, 0.6) is 5.75 Å². The van der Waals surface area contributed by atoms with Crippen LogP contribution >= 0.6 is 0 Å². The van der Waals surface area contributed by atoms with Crippen LogP contribution in [0.4, 0.5) is 4.79 Å². The van der Waals surface area contributed by atoms with Crippen LogP contribution in [0.3, 0.4) is 0 Å². The quantitative estimate of drug-likeness (QED) is 0.806. The Kier molecular flexibility index (Phi) is 6.83. The third-order valence-corrected chi connectivity index (χ3v) is 4.06. The van der Waals surface area contributed by atoms with Gasteiger partial charge in [0.05, 0.1) is 19.8 Å². The molecular formula is C20H26N2O3. The van der Waals surface area contributed by atoms with Gasteiger partial charge in [0.15, 0.2) is 0 Å². The highest BCUT2D eigenvalue weighted by molar-refractivity contribution is 5.74. The number of hydrogen-bond donors (Lipinski definition) is 2. The number of ether oxygens (including phenoxy) is 2. The van der Waals surface area contributed by atoms with Crippen molar-refractivity contribution in [3.05, 3.63) is 64.7 Å². The first kappa shape index (κ1) is 18.8. The van der Waals surface area contributed by atoms with Crippen LogP contribution in [0.2, 0.25) is 0 Å². The summed E-state index contributed by atoms with van der Waals surface area (Å²) in [6.45, 7) is 4.93. The monoisotopic (exact) mass is 342 g/mol. The van der Waals surface area contributed by atoms with E-state index in [4.69, 9.17) is 9.47 Å². The van der Waals surface area contributed by atoms with E-state index in [0.717, 1.165) is 28.0 Å². The van der Waals surface area contributed by atoms with Crippen molar-refractivity contribution in [2.75, 3.05) is 14.2 Å². The minimum absolute atomic E-state index is 0.163. The van der Waals surface area contributed by atoms with Gasteiger partial charge in [-0.1, -0.05) is 42.0 Å². The number of urea groups is 1. The molecule has 0 heterocycles. The second-order valence-electron chi connectivity index (χ2n) is 6.00. The molecule has 134 valence electrons. The first-order chi connectivity index (χ1) is 12.0. The van der Waals surface area contributed by atoms with Crippen molar-refractivity contribution in [2.24, 2.45) is 0 Å². The van der Waals surface area contributed by atoms with E-state index < -0.39 is 0 Å². The number of methoxy groups -OCH3 is 2. The maximum atomic E-state index is 12.3. The van der Waals surface area contributed by atoms with Crippen LogP contribution < -0.4 is 15.4 Å². The highest BCUT2D eigenvalue weighted by Crippen LogP contribution is 2.25. The summed E-state index contributed by atoms with van der Waals surface area (Å²) in [5.74, 6) is 0.767. The standard InChI is InChI=1S/C20H26N2O3/c1-14-9-10-19(25-4)18(11-14)15(2)22-20(23)21-12-16-7-5-6-8-17(16)13-24-3/h5-11,15H,12-13H2,1-4H3,(H2,21,22,23). The molecule has 2 N–H and O–H groups in total. The first-order valence-electron chi connectivity index (χ1n) is 8.29. The zero-order valence-corrected chi connectivity index (χ0v) is 15.3. The first-order valence-corrected chi connectivity index (χ1v) is 8.29. The second kappa shape index (κ2) is 9.08. The smallest absolute Gasteiger partial charge is 0.315 e. The van der Waals surface area contributed by atoms with E-state index >= 15 is 0 Å². The predicted octanol–water partition coefficient (Wildman–Crippen LogP) is 3.71. The lowest BCUT2D eigenvalue weighted by molar-refractivity contribution is 0.184. The maximum Gasteiger partial charge on any atom is 0.315 e. The molecule has 0 aliphatic carbocycles. The van der Waals surface area contributed by atoms with E-state index in [0.29, 0.717) is 13.2 Å². The Bertz CT molecular complexity index is 716. The molecule has 0 aliphatic heterocycles. The summed E-state index contributed by atoms with van der Waals surface area (Å²) in [5, 5.41) is 5.86. The van der Waals surface area contributed by atoms with Crippen molar-refractivity contribution in [2.45, 2.75) is 33.0 Å². The van der Waals surface area contributed by atoms with Crippen LogP contribution in [0.25, 0.3) is 0 Å². The highest BCUT2D eigenvalue weighted by atomic mass is 16.5. The average molecular weight is 342 g/mol. The fourth-order valence-electron chi connectivity index (χ4n) is 2.72. The molecule has 2 amide bonds. The second-order valence-corrected chi connectivity index (χ2v) is 6.00. The molecule has 0 aliphatic rings. The zero-order valence-electron chi connectivity index (χ0n) is 15.3. The molecule has 0 bridgehead atoms. The minimum Gasteiger partial charge on any atom is -0.496 e. The Labute approximate surface area is 149 Å². The molecule has 0 spiro atoms. The van der Waals surface area contributed by atoms with Crippen LogP contribution in [0.15, 0.2) is 42.5 Å². The Morgan fingerprint density at radius 1 is 1.12 bits per heavy atom. The topological polar surface area (TPSA) is 59.6 Å². The number of carbonyl (C=O) groups is 1. The van der Waals surface area contributed by atoms with Crippen molar-refractivity contribution in [1.82, 2.24) is 10.6 Å². The van der Waals surface area contributed by atoms with Crippen LogP contribution in [-0.2, 0) is 17.9 Å². The molecule has 0 radical (unpaired) electrons. The van der Waals surface area contributed by atoms with Crippen LogP contribution in [-0.4, -0.2) is 20.3 Å². The summed E-state index contributed by atoms with van der Waals surface area (Å²) in [6, 6.07) is 13.5. The predicted molar refractivity (Wildman–Crippen MR) is 98.7 cm³/mol. The summed E-state index contributed by atoms with van der Waals surface area (Å²) >= 11 is 0. The molecule has 2 rings (SSSR count). The number of carbonyl (C=O) groups excluding carboxylic acids is 1. The lowest BCUT2D eigenvalue weighted by Crippen LogP contribution is -2.37. The third kappa shape index (κ3) is 5.22. The number of nitrogens with one attached hydrogen (secondary N) is 2. The molecule has 1 unspecified atom stereocenters. The molecule has 1 atom stereocenters. The lowest BCUT2D eigenvalue weighted by Gasteiger charge is -2.19. The molecule has 2 aromatic rings. The number of aryl methyl sites for hydroxylation is 1. The van der Waals surface area contributed by atoms with Gasteiger partial charge in [-0.15, -0.1) is 0 Å². The van der Waals surface area contributed by atoms with E-state index in [9.17, 15) is 4.79 Å². The van der Waals surface area contributed by atoms with Gasteiger partial charge < -0.3 is 20.1 Å². The fourth-order valence-corrected chi connectivity index (χ4v) is 2.72. The molecule has 0 aromatic heterocycles. The van der Waals surface area contributed by atoms with Crippen molar-refractivity contribution < 1.29 is 14.3 Å². The molecule has 0 fully saturated rings. The Balaban J connectivity index is 1.98. The van der Waals surface area contributed by atoms with Gasteiger partial charge in [0.1, 0.15) is 5.75 Å². The van der Waals surface area contributed by atoms with E-state index in [1.54, 1.807) is 14.2 Å². The number of amides is 2. The molecule has 2 aromatic carbocycles. The summed E-state index contributed by atoms with van der Waals surface area (Å²) < 4.78 is 10.6. The van der Waals surface area contributed by atoms with Gasteiger partial charge in [0, 0.05) is 19.2 Å². The SMILES string of the molecule is COCc1ccccc1CNC(=O)NC(C)c1cc(C)ccc1OC. The molecular weight excluding hydrogens is 316 g/mol. The third-order valence-electron chi connectivity index (χ3n) is 4.06. The van der Waals surface area contributed by atoms with Gasteiger partial charge in [0.25, 0.3) is 0 Å². The van der Waals surface area contributed by atoms with E-state index in [2.05, 4.69) is 10.6 Å². The van der Waals surface area contributed by atoms with E-state index in [1.165, 1.54) is 0 Å². The summed E-state index contributed by atoms with van der Waals surface area (Å²) in [4.78, 5) is 12.3. The number of rotatable bonds is 7. The summed E-state index contributed by atoms with van der Waals surface area (Å²) in [6.07, 6.45) is 0. The zero-order chi connectivity index (χ0) is 18.2. The lowest BCUT2D eigenvalue weighted by atomic mass is 10.0. The van der Waals surface area contributed by atoms with Gasteiger partial charge >= 0.3 is 6.03 Å². The number of benzene rings is 2. The van der Waals surface area contributed by atoms with E-state index in [1.807, 2.05) is 56.3 Å². The minimum atomic E-state index is -0.219. The van der Waals surface area contributed by atoms with Gasteiger partial charge in [0.2, 0.25) is 0 Å². The van der Waals surface area contributed by atoms with Gasteiger partial charge in [-0.05, 0) is 31.0 Å². The maximum absolute atomic E-state index is 12.3. The molecule has 0 saturated heterocycles. The molecule has 25 heavy (non-hydrogen) atoms.